The predicted molar refractivity (Wildman–Crippen MR) is 116 cm³/mol. The average molecular weight is 524 g/mol. The molecule has 0 radical (unpaired) electrons. The highest BCUT2D eigenvalue weighted by atomic mass is 32.1. The summed E-state index contributed by atoms with van der Waals surface area (Å²) >= 11 is 0.611. The maximum atomic E-state index is 14.2. The lowest BCUT2D eigenvalue weighted by Crippen LogP contribution is -2.72. The number of thiophene rings is 1. The molecule has 0 unspecified atom stereocenters. The Morgan fingerprint density at radius 3 is 2.26 bits per heavy atom. The van der Waals surface area contributed by atoms with Gasteiger partial charge in [0, 0.05) is 4.88 Å². The molecule has 0 saturated carbocycles. The van der Waals surface area contributed by atoms with Crippen LogP contribution in [-0.4, -0.2) is 43.6 Å². The van der Waals surface area contributed by atoms with Gasteiger partial charge in [-0.05, 0) is 50.3 Å². The molecule has 1 amide bonds. The first-order chi connectivity index (χ1) is 16.4. The quantitative estimate of drug-likeness (QED) is 0.285. The topological polar surface area (TPSA) is 76.7 Å². The van der Waals surface area contributed by atoms with Crippen LogP contribution in [0.5, 0.6) is 5.75 Å². The fraction of sp³-hybridized carbons (Fsp3) is 0.455. The van der Waals surface area contributed by atoms with Crippen LogP contribution in [0.15, 0.2) is 24.3 Å². The molecule has 0 bridgehead atoms. The average Bonchev–Trinajstić information content (AvgIpc) is 3.15. The number of hydrogen-bond donors (Lipinski definition) is 2. The molecule has 1 aliphatic carbocycles. The second-order valence-electron chi connectivity index (χ2n) is 7.66. The zero-order valence-electron chi connectivity index (χ0n) is 18.7. The molecule has 0 fully saturated rings. The Balaban J connectivity index is 2.15. The third-order valence-electron chi connectivity index (χ3n) is 5.44. The Hall–Kier alpha value is -2.96. The van der Waals surface area contributed by atoms with E-state index in [0.717, 1.165) is 18.5 Å². The highest BCUT2D eigenvalue weighted by Crippen LogP contribution is 2.47. The van der Waals surface area contributed by atoms with Crippen LogP contribution in [0, 0.1) is 0 Å². The van der Waals surface area contributed by atoms with Gasteiger partial charge in [0.15, 0.2) is 0 Å². The van der Waals surface area contributed by atoms with Crippen LogP contribution in [0.3, 0.4) is 0 Å². The first kappa shape index (κ1) is 26.6. The van der Waals surface area contributed by atoms with Crippen LogP contribution >= 0.6 is 11.3 Å². The van der Waals surface area contributed by atoms with Gasteiger partial charge in [-0.2, -0.15) is 26.3 Å². The van der Waals surface area contributed by atoms with Crippen molar-refractivity contribution in [3.63, 3.8) is 0 Å². The van der Waals surface area contributed by atoms with E-state index in [1.165, 1.54) is 23.5 Å². The molecule has 35 heavy (non-hydrogen) atoms. The minimum absolute atomic E-state index is 0.0233. The monoisotopic (exact) mass is 524 g/mol. The minimum atomic E-state index is -6.06. The number of nitrogens with one attached hydrogen (secondary N) is 2. The molecule has 6 nitrogen and oxygen atoms in total. The Morgan fingerprint density at radius 2 is 1.66 bits per heavy atom. The molecule has 0 spiro atoms. The van der Waals surface area contributed by atoms with E-state index in [4.69, 9.17) is 4.74 Å². The third kappa shape index (κ3) is 5.04. The van der Waals surface area contributed by atoms with Gasteiger partial charge in [0.1, 0.15) is 10.8 Å². The van der Waals surface area contributed by atoms with Crippen molar-refractivity contribution >= 4 is 28.2 Å². The Morgan fingerprint density at radius 1 is 1.03 bits per heavy atom. The van der Waals surface area contributed by atoms with Gasteiger partial charge in [-0.15, -0.1) is 11.3 Å². The highest BCUT2D eigenvalue weighted by molar-refractivity contribution is 7.16. The van der Waals surface area contributed by atoms with Crippen molar-refractivity contribution in [2.75, 3.05) is 19.0 Å². The summed E-state index contributed by atoms with van der Waals surface area (Å²) in [6.45, 7) is 1.56. The number of halogens is 6. The molecule has 0 aliphatic heterocycles. The third-order valence-corrected chi connectivity index (χ3v) is 6.65. The summed E-state index contributed by atoms with van der Waals surface area (Å²) in [7, 11) is 0.978. The lowest BCUT2D eigenvalue weighted by molar-refractivity contribution is -0.294. The molecule has 0 atom stereocenters. The predicted octanol–water partition coefficient (Wildman–Crippen LogP) is 5.48. The minimum Gasteiger partial charge on any atom is -0.493 e. The zero-order valence-corrected chi connectivity index (χ0v) is 19.5. The maximum absolute atomic E-state index is 14.2. The summed E-state index contributed by atoms with van der Waals surface area (Å²) in [6.07, 6.45) is -10.1. The normalized spacial score (nSPS) is 14.2. The Labute approximate surface area is 200 Å². The number of para-hydroxylation sites is 1. The van der Waals surface area contributed by atoms with Crippen LogP contribution in [0.1, 0.15) is 50.9 Å². The summed E-state index contributed by atoms with van der Waals surface area (Å²) in [5.41, 5.74) is -5.48. The molecule has 1 aliphatic rings. The molecule has 192 valence electrons. The number of anilines is 1. The van der Waals surface area contributed by atoms with Gasteiger partial charge in [0.2, 0.25) is 0 Å². The Kier molecular flexibility index (Phi) is 7.58. The van der Waals surface area contributed by atoms with Crippen molar-refractivity contribution < 1.29 is 45.4 Å². The van der Waals surface area contributed by atoms with Gasteiger partial charge < -0.3 is 20.1 Å². The number of hydrogen-bond acceptors (Lipinski definition) is 6. The fourth-order valence-electron chi connectivity index (χ4n) is 3.79. The van der Waals surface area contributed by atoms with Crippen LogP contribution in [0.25, 0.3) is 0 Å². The Bertz CT molecular complexity index is 1080. The van der Waals surface area contributed by atoms with E-state index in [1.54, 1.807) is 6.92 Å². The number of carbonyl (C=O) groups is 2. The van der Waals surface area contributed by atoms with Crippen molar-refractivity contribution in [2.24, 2.45) is 0 Å². The summed E-state index contributed by atoms with van der Waals surface area (Å²) < 4.78 is 95.3. The number of amides is 1. The molecule has 2 aromatic rings. The number of methoxy groups -OCH3 is 1. The lowest BCUT2D eigenvalue weighted by atomic mass is 9.95. The van der Waals surface area contributed by atoms with E-state index in [2.05, 4.69) is 4.74 Å². The van der Waals surface area contributed by atoms with Gasteiger partial charge in [-0.25, -0.2) is 4.79 Å². The van der Waals surface area contributed by atoms with Crippen LogP contribution in [0.2, 0.25) is 0 Å². The zero-order chi connectivity index (χ0) is 26.0. The highest BCUT2D eigenvalue weighted by Gasteiger charge is 2.73. The van der Waals surface area contributed by atoms with E-state index in [1.807, 2.05) is 0 Å². The number of carbonyl (C=O) groups excluding carboxylic acids is 2. The van der Waals surface area contributed by atoms with E-state index in [-0.39, 0.29) is 12.4 Å². The molecule has 3 rings (SSSR count). The lowest BCUT2D eigenvalue weighted by Gasteiger charge is -2.38. The standard InChI is InChI=1S/C22H22F6N2O4S/c1-3-34-14-10-6-4-8-12(14)17(31)29-20(21(23,24)25,22(26,27)28)30-18-16(19(32)33-2)13-9-5-7-11-15(13)35-18/h4,6,8,10,30H,3,5,7,9,11H2,1-2H3,(H,29,31). The second-order valence-corrected chi connectivity index (χ2v) is 8.77. The van der Waals surface area contributed by atoms with E-state index in [9.17, 15) is 35.9 Å². The number of benzene rings is 1. The number of esters is 1. The van der Waals surface area contributed by atoms with Crippen LogP contribution in [0.4, 0.5) is 31.3 Å². The van der Waals surface area contributed by atoms with Crippen molar-refractivity contribution in [3.8, 4) is 5.75 Å². The van der Waals surface area contributed by atoms with E-state index in [0.29, 0.717) is 47.5 Å². The summed E-state index contributed by atoms with van der Waals surface area (Å²) in [5.74, 6) is -2.93. The second kappa shape index (κ2) is 9.96. The van der Waals surface area contributed by atoms with Crippen molar-refractivity contribution in [1.82, 2.24) is 5.32 Å². The van der Waals surface area contributed by atoms with Gasteiger partial charge in [-0.1, -0.05) is 12.1 Å². The first-order valence-electron chi connectivity index (χ1n) is 10.5. The van der Waals surface area contributed by atoms with Crippen molar-refractivity contribution in [2.45, 2.75) is 50.6 Å². The van der Waals surface area contributed by atoms with Crippen molar-refractivity contribution in [3.05, 3.63) is 45.8 Å². The van der Waals surface area contributed by atoms with Gasteiger partial charge in [0.05, 0.1) is 24.8 Å². The van der Waals surface area contributed by atoms with Gasteiger partial charge >= 0.3 is 24.0 Å². The van der Waals surface area contributed by atoms with Gasteiger partial charge in [-0.3, -0.25) is 4.79 Å². The van der Waals surface area contributed by atoms with Crippen LogP contribution in [-0.2, 0) is 17.6 Å². The van der Waals surface area contributed by atoms with Crippen LogP contribution < -0.4 is 15.4 Å². The summed E-state index contributed by atoms with van der Waals surface area (Å²) in [4.78, 5) is 25.7. The van der Waals surface area contributed by atoms with E-state index < -0.39 is 46.0 Å². The van der Waals surface area contributed by atoms with Gasteiger partial charge in [0.25, 0.3) is 5.91 Å². The van der Waals surface area contributed by atoms with E-state index >= 15 is 0 Å². The maximum Gasteiger partial charge on any atom is 0.439 e. The number of fused-ring (bicyclic) bond motifs is 1. The molecule has 1 aromatic heterocycles. The fourth-order valence-corrected chi connectivity index (χ4v) is 5.12. The molecule has 1 heterocycles. The first-order valence-corrected chi connectivity index (χ1v) is 11.4. The number of ether oxygens (including phenoxy) is 2. The summed E-state index contributed by atoms with van der Waals surface area (Å²) in [6, 6.07) is 4.98. The molecular weight excluding hydrogens is 502 g/mol. The summed E-state index contributed by atoms with van der Waals surface area (Å²) in [5, 5.41) is 1.89. The number of alkyl halides is 6. The SMILES string of the molecule is CCOc1ccccc1C(=O)NC(Nc1sc2c(c1C(=O)OC)CCCC2)(C(F)(F)F)C(F)(F)F. The number of rotatable bonds is 7. The molecule has 1 aromatic carbocycles. The molecule has 0 saturated heterocycles. The largest absolute Gasteiger partial charge is 0.493 e. The number of aryl methyl sites for hydroxylation is 1. The molecule has 2 N–H and O–H groups in total. The smallest absolute Gasteiger partial charge is 0.439 e. The molecule has 13 heteroatoms. The van der Waals surface area contributed by atoms with Crippen molar-refractivity contribution in [1.29, 1.82) is 0 Å². The molecular formula is C22H22F6N2O4S.